The molecule has 2 N–H and O–H groups in total. The van der Waals surface area contributed by atoms with E-state index in [0.717, 1.165) is 48.3 Å². The molecule has 0 amide bonds. The molecular weight excluding hydrogens is 523 g/mol. The topological polar surface area (TPSA) is 67.1 Å². The number of hydrogen-bond donors (Lipinski definition) is 2. The van der Waals surface area contributed by atoms with Gasteiger partial charge in [0, 0.05) is 31.1 Å². The highest BCUT2D eigenvalue weighted by Crippen LogP contribution is 2.21. The van der Waals surface area contributed by atoms with Crippen molar-refractivity contribution in [3.8, 4) is 0 Å². The van der Waals surface area contributed by atoms with Crippen molar-refractivity contribution >= 4 is 41.5 Å². The van der Waals surface area contributed by atoms with Crippen LogP contribution in [0.4, 0.5) is 0 Å². The summed E-state index contributed by atoms with van der Waals surface area (Å²) in [5.74, 6) is 1.75. The molecule has 3 aromatic rings. The number of nitrogens with zero attached hydrogens (tertiary/aromatic N) is 4. The lowest BCUT2D eigenvalue weighted by Gasteiger charge is -2.20. The van der Waals surface area contributed by atoms with E-state index in [2.05, 4.69) is 63.5 Å². The highest BCUT2D eigenvalue weighted by atomic mass is 127. The Morgan fingerprint density at radius 1 is 1.13 bits per heavy atom. The third-order valence-corrected chi connectivity index (χ3v) is 5.24. The van der Waals surface area contributed by atoms with Crippen LogP contribution in [0.3, 0.4) is 0 Å². The predicted molar refractivity (Wildman–Crippen MR) is 138 cm³/mol. The van der Waals surface area contributed by atoms with Crippen molar-refractivity contribution in [3.05, 3.63) is 82.9 Å². The summed E-state index contributed by atoms with van der Waals surface area (Å²) in [5, 5.41) is 15.8. The lowest BCUT2D eigenvalue weighted by atomic mass is 10.1. The minimum Gasteiger partial charge on any atom is -0.355 e. The molecule has 166 valence electrons. The molecule has 0 radical (unpaired) electrons. The molecule has 8 heteroatoms. The van der Waals surface area contributed by atoms with Gasteiger partial charge in [-0.15, -0.1) is 34.2 Å². The van der Waals surface area contributed by atoms with E-state index in [1.807, 2.05) is 30.3 Å². The standard InChI is InChI=1S/C23H29ClN6.HI/c1-3-22-29-27-17-30(22)16-15-26-23(25-14-13-19-9-5-4-6-10-19)28-18(2)20-11-7-8-12-21(20)24;/h4-12,17-18H,3,13-16H2,1-2H3,(H2,25,26,28);1H. The summed E-state index contributed by atoms with van der Waals surface area (Å²) in [4.78, 5) is 4.79. The van der Waals surface area contributed by atoms with Gasteiger partial charge in [-0.1, -0.05) is 67.1 Å². The van der Waals surface area contributed by atoms with Gasteiger partial charge in [0.1, 0.15) is 12.2 Å². The normalized spacial score (nSPS) is 12.2. The van der Waals surface area contributed by atoms with E-state index in [-0.39, 0.29) is 30.0 Å². The minimum absolute atomic E-state index is 0. The van der Waals surface area contributed by atoms with E-state index >= 15 is 0 Å². The van der Waals surface area contributed by atoms with E-state index < -0.39 is 0 Å². The maximum absolute atomic E-state index is 6.37. The summed E-state index contributed by atoms with van der Waals surface area (Å²) in [7, 11) is 0. The van der Waals surface area contributed by atoms with Crippen LogP contribution in [0.15, 0.2) is 65.9 Å². The zero-order valence-corrected chi connectivity index (χ0v) is 21.0. The number of aromatic nitrogens is 3. The molecule has 0 spiro atoms. The zero-order valence-electron chi connectivity index (χ0n) is 18.0. The fraction of sp³-hybridized carbons (Fsp3) is 0.348. The zero-order chi connectivity index (χ0) is 21.2. The smallest absolute Gasteiger partial charge is 0.191 e. The number of aliphatic imine (C=N–C) groups is 1. The fourth-order valence-corrected chi connectivity index (χ4v) is 3.54. The molecule has 0 saturated heterocycles. The molecule has 6 nitrogen and oxygen atoms in total. The van der Waals surface area contributed by atoms with E-state index in [0.29, 0.717) is 6.54 Å². The Kier molecular flexibility index (Phi) is 10.8. The molecule has 0 aliphatic rings. The molecule has 2 aromatic carbocycles. The van der Waals surface area contributed by atoms with Crippen LogP contribution in [0.25, 0.3) is 0 Å². The molecule has 3 rings (SSSR count). The third kappa shape index (κ3) is 7.81. The quantitative estimate of drug-likeness (QED) is 0.230. The average molecular weight is 553 g/mol. The Hall–Kier alpha value is -2.13. The van der Waals surface area contributed by atoms with Gasteiger partial charge in [0.15, 0.2) is 5.96 Å². The summed E-state index contributed by atoms with van der Waals surface area (Å²) in [6.45, 7) is 6.36. The van der Waals surface area contributed by atoms with Gasteiger partial charge in [-0.3, -0.25) is 4.99 Å². The Bertz CT molecular complexity index is 944. The summed E-state index contributed by atoms with van der Waals surface area (Å²) >= 11 is 6.37. The van der Waals surface area contributed by atoms with Crippen molar-refractivity contribution in [1.29, 1.82) is 0 Å². The number of guanidine groups is 1. The average Bonchev–Trinajstić information content (AvgIpc) is 3.22. The first-order valence-electron chi connectivity index (χ1n) is 10.4. The monoisotopic (exact) mass is 552 g/mol. The second-order valence-electron chi connectivity index (χ2n) is 7.07. The lowest BCUT2D eigenvalue weighted by molar-refractivity contribution is 0.619. The van der Waals surface area contributed by atoms with Crippen molar-refractivity contribution in [3.63, 3.8) is 0 Å². The molecule has 0 fully saturated rings. The number of nitrogens with one attached hydrogen (secondary N) is 2. The van der Waals surface area contributed by atoms with Crippen LogP contribution < -0.4 is 10.6 Å². The van der Waals surface area contributed by atoms with E-state index in [4.69, 9.17) is 16.6 Å². The first-order valence-corrected chi connectivity index (χ1v) is 10.7. The van der Waals surface area contributed by atoms with E-state index in [9.17, 15) is 0 Å². The van der Waals surface area contributed by atoms with Crippen LogP contribution in [0.2, 0.25) is 5.02 Å². The highest BCUT2D eigenvalue weighted by Gasteiger charge is 2.11. The van der Waals surface area contributed by atoms with Gasteiger partial charge in [0.05, 0.1) is 6.04 Å². The van der Waals surface area contributed by atoms with Gasteiger partial charge < -0.3 is 15.2 Å². The van der Waals surface area contributed by atoms with Crippen LogP contribution in [0, 0.1) is 0 Å². The van der Waals surface area contributed by atoms with Gasteiger partial charge in [-0.25, -0.2) is 0 Å². The summed E-state index contributed by atoms with van der Waals surface area (Å²) < 4.78 is 2.06. The number of halogens is 2. The molecular formula is C23H30ClIN6. The molecule has 0 bridgehead atoms. The second kappa shape index (κ2) is 13.3. The Morgan fingerprint density at radius 2 is 1.87 bits per heavy atom. The van der Waals surface area contributed by atoms with Crippen molar-refractivity contribution in [2.75, 3.05) is 13.1 Å². The Labute approximate surface area is 206 Å². The van der Waals surface area contributed by atoms with Crippen molar-refractivity contribution in [2.45, 2.75) is 39.3 Å². The summed E-state index contributed by atoms with van der Waals surface area (Å²) in [6, 6.07) is 18.3. The maximum Gasteiger partial charge on any atom is 0.191 e. The SMILES string of the molecule is CCc1nncn1CCNC(=NCCc1ccccc1)NC(C)c1ccccc1Cl.I. The van der Waals surface area contributed by atoms with Crippen molar-refractivity contribution in [1.82, 2.24) is 25.4 Å². The summed E-state index contributed by atoms with van der Waals surface area (Å²) in [6.07, 6.45) is 3.52. The van der Waals surface area contributed by atoms with Gasteiger partial charge in [-0.05, 0) is 30.5 Å². The van der Waals surface area contributed by atoms with Gasteiger partial charge >= 0.3 is 0 Å². The number of benzene rings is 2. The van der Waals surface area contributed by atoms with Crippen LogP contribution >= 0.6 is 35.6 Å². The van der Waals surface area contributed by atoms with E-state index in [1.54, 1.807) is 6.33 Å². The van der Waals surface area contributed by atoms with Gasteiger partial charge in [-0.2, -0.15) is 0 Å². The maximum atomic E-state index is 6.37. The number of aryl methyl sites for hydroxylation is 1. The highest BCUT2D eigenvalue weighted by molar-refractivity contribution is 14.0. The Morgan fingerprint density at radius 3 is 2.61 bits per heavy atom. The van der Waals surface area contributed by atoms with Crippen molar-refractivity contribution in [2.24, 2.45) is 4.99 Å². The molecule has 1 heterocycles. The predicted octanol–water partition coefficient (Wildman–Crippen LogP) is 4.65. The van der Waals surface area contributed by atoms with Crippen molar-refractivity contribution < 1.29 is 0 Å². The molecule has 0 aliphatic heterocycles. The van der Waals surface area contributed by atoms with Crippen LogP contribution in [-0.2, 0) is 19.4 Å². The fourth-order valence-electron chi connectivity index (χ4n) is 3.24. The first-order chi connectivity index (χ1) is 14.7. The number of hydrogen-bond acceptors (Lipinski definition) is 3. The largest absolute Gasteiger partial charge is 0.355 e. The first kappa shape index (κ1) is 25.1. The third-order valence-electron chi connectivity index (χ3n) is 4.90. The molecule has 1 unspecified atom stereocenters. The Balaban J connectivity index is 0.00000341. The summed E-state index contributed by atoms with van der Waals surface area (Å²) in [5.41, 5.74) is 2.32. The molecule has 0 saturated carbocycles. The van der Waals surface area contributed by atoms with Gasteiger partial charge in [0.25, 0.3) is 0 Å². The van der Waals surface area contributed by atoms with E-state index in [1.165, 1.54) is 5.56 Å². The molecule has 1 atom stereocenters. The second-order valence-corrected chi connectivity index (χ2v) is 7.48. The lowest BCUT2D eigenvalue weighted by Crippen LogP contribution is -2.40. The van der Waals surface area contributed by atoms with Crippen LogP contribution in [-0.4, -0.2) is 33.8 Å². The van der Waals surface area contributed by atoms with Crippen LogP contribution in [0.5, 0.6) is 0 Å². The minimum atomic E-state index is 0. The number of rotatable bonds is 9. The molecule has 0 aliphatic carbocycles. The van der Waals surface area contributed by atoms with Gasteiger partial charge in [0.2, 0.25) is 0 Å². The molecule has 31 heavy (non-hydrogen) atoms. The molecule has 1 aromatic heterocycles. The van der Waals surface area contributed by atoms with Crippen LogP contribution in [0.1, 0.15) is 36.8 Å².